The minimum atomic E-state index is -3.96. The summed E-state index contributed by atoms with van der Waals surface area (Å²) in [6.07, 6.45) is 5.38. The minimum Gasteiger partial charge on any atom is -0.273 e. The number of hydrazine groups is 1. The van der Waals surface area contributed by atoms with Crippen LogP contribution in [0.4, 0.5) is 0 Å². The third-order valence-corrected chi connectivity index (χ3v) is 7.92. The molecular weight excluding hydrogens is 411 g/mol. The van der Waals surface area contributed by atoms with Crippen LogP contribution in [-0.4, -0.2) is 14.3 Å². The van der Waals surface area contributed by atoms with Crippen LogP contribution in [0.3, 0.4) is 0 Å². The lowest BCUT2D eigenvalue weighted by atomic mass is 10.1. The maximum atomic E-state index is 12.2. The highest BCUT2D eigenvalue weighted by Crippen LogP contribution is 2.34. The first-order valence-electron chi connectivity index (χ1n) is 7.25. The molecule has 0 saturated heterocycles. The Kier molecular flexibility index (Phi) is 5.53. The fourth-order valence-electron chi connectivity index (χ4n) is 2.52. The molecule has 1 aliphatic carbocycles. The summed E-state index contributed by atoms with van der Waals surface area (Å²) < 4.78 is 24.7. The van der Waals surface area contributed by atoms with Crippen LogP contribution in [0, 0.1) is 0 Å². The van der Waals surface area contributed by atoms with E-state index in [2.05, 4.69) is 10.3 Å². The molecule has 2 heterocycles. The predicted octanol–water partition coefficient (Wildman–Crippen LogP) is 4.01. The summed E-state index contributed by atoms with van der Waals surface area (Å²) in [4.78, 5) is 15.9. The Labute approximate surface area is 158 Å². The molecule has 0 bridgehead atoms. The maximum Gasteiger partial charge on any atom is 0.276 e. The summed E-state index contributed by atoms with van der Waals surface area (Å²) in [7, 11) is -3.96. The average Bonchev–Trinajstić information content (AvgIpc) is 3.01. The van der Waals surface area contributed by atoms with Gasteiger partial charge in [0.25, 0.3) is 15.9 Å². The number of carbonyl (C=O) groups is 1. The van der Waals surface area contributed by atoms with Crippen molar-refractivity contribution in [2.75, 3.05) is 0 Å². The van der Waals surface area contributed by atoms with Crippen LogP contribution in [0.25, 0.3) is 0 Å². The van der Waals surface area contributed by atoms with Gasteiger partial charge in [-0.25, -0.2) is 8.42 Å². The summed E-state index contributed by atoms with van der Waals surface area (Å²) in [5.74, 6) is -0.478. The predicted molar refractivity (Wildman–Crippen MR) is 97.7 cm³/mol. The lowest BCUT2D eigenvalue weighted by molar-refractivity contribution is 0.0949. The van der Waals surface area contributed by atoms with Gasteiger partial charge in [-0.1, -0.05) is 29.6 Å². The Morgan fingerprint density at radius 2 is 1.83 bits per heavy atom. The zero-order valence-electron chi connectivity index (χ0n) is 12.4. The van der Waals surface area contributed by atoms with Crippen molar-refractivity contribution in [3.8, 4) is 0 Å². The number of sulfonamides is 1. The van der Waals surface area contributed by atoms with E-state index in [1.54, 1.807) is 0 Å². The van der Waals surface area contributed by atoms with Crippen molar-refractivity contribution in [2.45, 2.75) is 37.0 Å². The minimum absolute atomic E-state index is 0.0459. The molecule has 130 valence electrons. The number of amides is 1. The van der Waals surface area contributed by atoms with E-state index >= 15 is 0 Å². The fourth-order valence-corrected chi connectivity index (χ4v) is 6.66. The molecule has 1 aliphatic rings. The van der Waals surface area contributed by atoms with E-state index in [0.717, 1.165) is 37.0 Å². The normalized spacial score (nSPS) is 14.9. The second-order valence-electron chi connectivity index (χ2n) is 5.37. The molecule has 10 heteroatoms. The molecule has 5 nitrogen and oxygen atoms in total. The van der Waals surface area contributed by atoms with Crippen molar-refractivity contribution in [3.63, 3.8) is 0 Å². The molecule has 2 N–H and O–H groups in total. The van der Waals surface area contributed by atoms with Gasteiger partial charge in [0.15, 0.2) is 0 Å². The van der Waals surface area contributed by atoms with Gasteiger partial charge in [0.1, 0.15) is 9.23 Å². The molecule has 2 aromatic rings. The van der Waals surface area contributed by atoms with Crippen molar-refractivity contribution >= 4 is 61.8 Å². The van der Waals surface area contributed by atoms with Crippen LogP contribution in [0.5, 0.6) is 0 Å². The number of carbonyl (C=O) groups excluding carboxylic acids is 1. The van der Waals surface area contributed by atoms with Crippen molar-refractivity contribution in [2.24, 2.45) is 0 Å². The van der Waals surface area contributed by atoms with E-state index in [9.17, 15) is 13.2 Å². The largest absolute Gasteiger partial charge is 0.276 e. The van der Waals surface area contributed by atoms with Gasteiger partial charge in [0.2, 0.25) is 0 Å². The summed E-state index contributed by atoms with van der Waals surface area (Å²) in [6, 6.07) is 3.10. The van der Waals surface area contributed by atoms with E-state index in [1.807, 2.05) is 6.07 Å². The molecule has 0 unspecified atom stereocenters. The number of halogens is 2. The molecule has 0 saturated carbocycles. The second kappa shape index (κ2) is 7.31. The molecule has 0 aromatic carbocycles. The SMILES string of the molecule is O=C(NNS(=O)(=O)c1cc(Cl)sc1Cl)c1cc2c(s1)CCCCC2. The van der Waals surface area contributed by atoms with Crippen LogP contribution >= 0.6 is 45.9 Å². The van der Waals surface area contributed by atoms with Gasteiger partial charge in [-0.05, 0) is 43.4 Å². The van der Waals surface area contributed by atoms with Gasteiger partial charge in [-0.2, -0.15) is 0 Å². The van der Waals surface area contributed by atoms with Gasteiger partial charge in [-0.15, -0.1) is 27.5 Å². The Balaban J connectivity index is 1.70. The molecule has 0 aliphatic heterocycles. The Hall–Kier alpha value is -0.640. The van der Waals surface area contributed by atoms with E-state index in [0.29, 0.717) is 4.88 Å². The number of nitrogens with one attached hydrogen (secondary N) is 2. The number of hydrogen-bond acceptors (Lipinski definition) is 5. The van der Waals surface area contributed by atoms with Gasteiger partial charge in [0, 0.05) is 4.88 Å². The zero-order chi connectivity index (χ0) is 17.3. The molecule has 1 amide bonds. The molecule has 0 radical (unpaired) electrons. The van der Waals surface area contributed by atoms with Crippen molar-refractivity contribution in [3.05, 3.63) is 36.1 Å². The quantitative estimate of drug-likeness (QED) is 0.574. The first-order chi connectivity index (χ1) is 11.4. The Bertz CT molecular complexity index is 850. The van der Waals surface area contributed by atoms with E-state index in [1.165, 1.54) is 34.3 Å². The smallest absolute Gasteiger partial charge is 0.273 e. The van der Waals surface area contributed by atoms with Gasteiger partial charge < -0.3 is 0 Å². The molecule has 2 aromatic heterocycles. The van der Waals surface area contributed by atoms with Crippen LogP contribution < -0.4 is 10.3 Å². The van der Waals surface area contributed by atoms with Gasteiger partial charge >= 0.3 is 0 Å². The third-order valence-electron chi connectivity index (χ3n) is 3.68. The summed E-state index contributed by atoms with van der Waals surface area (Å²) in [5, 5.41) is 0. The van der Waals surface area contributed by atoms with Crippen LogP contribution in [-0.2, 0) is 22.9 Å². The highest BCUT2D eigenvalue weighted by atomic mass is 35.5. The first kappa shape index (κ1) is 18.2. The van der Waals surface area contributed by atoms with E-state index in [-0.39, 0.29) is 13.6 Å². The molecule has 3 rings (SSSR count). The highest BCUT2D eigenvalue weighted by molar-refractivity contribution is 7.89. The van der Waals surface area contributed by atoms with Gasteiger partial charge in [-0.3, -0.25) is 10.2 Å². The third kappa shape index (κ3) is 3.95. The lowest BCUT2D eigenvalue weighted by Gasteiger charge is -2.06. The Morgan fingerprint density at radius 3 is 2.54 bits per heavy atom. The first-order valence-corrected chi connectivity index (χ1v) is 11.1. The number of aryl methyl sites for hydroxylation is 2. The van der Waals surface area contributed by atoms with E-state index < -0.39 is 15.9 Å². The van der Waals surface area contributed by atoms with Crippen molar-refractivity contribution in [1.82, 2.24) is 10.3 Å². The number of hydrogen-bond donors (Lipinski definition) is 2. The van der Waals surface area contributed by atoms with Crippen molar-refractivity contribution < 1.29 is 13.2 Å². The monoisotopic (exact) mass is 424 g/mol. The summed E-state index contributed by atoms with van der Waals surface area (Å²) in [5.41, 5.74) is 3.43. The van der Waals surface area contributed by atoms with Crippen LogP contribution in [0.1, 0.15) is 39.4 Å². The topological polar surface area (TPSA) is 75.3 Å². The summed E-state index contributed by atoms with van der Waals surface area (Å²) >= 11 is 14.0. The van der Waals surface area contributed by atoms with Gasteiger partial charge in [0.05, 0.1) is 9.21 Å². The van der Waals surface area contributed by atoms with Crippen LogP contribution in [0.2, 0.25) is 8.67 Å². The summed E-state index contributed by atoms with van der Waals surface area (Å²) in [6.45, 7) is 0. The lowest BCUT2D eigenvalue weighted by Crippen LogP contribution is -2.41. The van der Waals surface area contributed by atoms with Crippen molar-refractivity contribution in [1.29, 1.82) is 0 Å². The standard InChI is InChI=1S/C14H14Cl2N2O3S3/c15-12-7-11(13(16)23-12)24(20,21)18-17-14(19)10-6-8-4-2-1-3-5-9(8)22-10/h6-7,18H,1-5H2,(H,17,19). The fraction of sp³-hybridized carbons (Fsp3) is 0.357. The molecule has 0 atom stereocenters. The number of rotatable bonds is 4. The zero-order valence-corrected chi connectivity index (χ0v) is 16.4. The van der Waals surface area contributed by atoms with Crippen LogP contribution in [0.15, 0.2) is 17.0 Å². The number of thiophene rings is 2. The molecule has 24 heavy (non-hydrogen) atoms. The highest BCUT2D eigenvalue weighted by Gasteiger charge is 2.23. The maximum absolute atomic E-state index is 12.2. The Morgan fingerprint density at radius 1 is 1.08 bits per heavy atom. The average molecular weight is 425 g/mol. The number of fused-ring (bicyclic) bond motifs is 1. The molecule has 0 fully saturated rings. The van der Waals surface area contributed by atoms with E-state index in [4.69, 9.17) is 23.2 Å². The molecule has 0 spiro atoms. The second-order valence-corrected chi connectivity index (χ2v) is 10.4. The molecular formula is C14H14Cl2N2O3S3.